The number of rotatable bonds is 1. The molecule has 1 heterocycles. The Morgan fingerprint density at radius 2 is 1.75 bits per heavy atom. The molecule has 0 fully saturated rings. The number of fused-ring (bicyclic) bond motifs is 3. The Bertz CT molecular complexity index is 1020. The van der Waals surface area contributed by atoms with Gasteiger partial charge in [0.1, 0.15) is 23.2 Å². The van der Waals surface area contributed by atoms with E-state index in [1.165, 1.54) is 12.1 Å². The second kappa shape index (κ2) is 5.39. The van der Waals surface area contributed by atoms with Gasteiger partial charge in [-0.2, -0.15) is 5.26 Å². The molecule has 1 aliphatic rings. The molecule has 0 aromatic heterocycles. The minimum atomic E-state index is -0.384. The summed E-state index contributed by atoms with van der Waals surface area (Å²) < 4.78 is 19.0. The zero-order chi connectivity index (χ0) is 16.7. The van der Waals surface area contributed by atoms with Crippen molar-refractivity contribution in [2.24, 2.45) is 5.73 Å². The van der Waals surface area contributed by atoms with Crippen molar-refractivity contribution < 1.29 is 9.13 Å². The third-order valence-electron chi connectivity index (χ3n) is 4.32. The summed E-state index contributed by atoms with van der Waals surface area (Å²) in [6.07, 6.45) is 0. The van der Waals surface area contributed by atoms with Crippen molar-refractivity contribution in [1.29, 1.82) is 5.26 Å². The van der Waals surface area contributed by atoms with Crippen molar-refractivity contribution in [2.75, 3.05) is 0 Å². The summed E-state index contributed by atoms with van der Waals surface area (Å²) >= 11 is 0. The van der Waals surface area contributed by atoms with Gasteiger partial charge in [-0.15, -0.1) is 0 Å². The Kier molecular flexibility index (Phi) is 3.21. The first-order chi connectivity index (χ1) is 11.7. The van der Waals surface area contributed by atoms with Gasteiger partial charge in [-0.05, 0) is 34.5 Å². The van der Waals surface area contributed by atoms with Crippen molar-refractivity contribution in [1.82, 2.24) is 0 Å². The van der Waals surface area contributed by atoms with Crippen molar-refractivity contribution >= 4 is 10.8 Å². The molecule has 3 aromatic rings. The third-order valence-corrected chi connectivity index (χ3v) is 4.32. The van der Waals surface area contributed by atoms with Crippen LogP contribution in [0.5, 0.6) is 5.75 Å². The van der Waals surface area contributed by atoms with Crippen LogP contribution in [-0.2, 0) is 0 Å². The van der Waals surface area contributed by atoms with Gasteiger partial charge in [0.2, 0.25) is 5.88 Å². The summed E-state index contributed by atoms with van der Waals surface area (Å²) in [6.45, 7) is 0. The molecule has 1 aliphatic heterocycles. The highest BCUT2D eigenvalue weighted by molar-refractivity contribution is 5.90. The van der Waals surface area contributed by atoms with Crippen LogP contribution < -0.4 is 10.5 Å². The molecule has 1 atom stereocenters. The van der Waals surface area contributed by atoms with E-state index in [1.54, 1.807) is 12.1 Å². The van der Waals surface area contributed by atoms with Crippen LogP contribution in [-0.4, -0.2) is 0 Å². The molecule has 2 N–H and O–H groups in total. The average molecular weight is 316 g/mol. The molecular weight excluding hydrogens is 303 g/mol. The van der Waals surface area contributed by atoms with Gasteiger partial charge in [0.05, 0.1) is 5.92 Å². The zero-order valence-corrected chi connectivity index (χ0v) is 12.7. The van der Waals surface area contributed by atoms with E-state index in [0.29, 0.717) is 11.3 Å². The van der Waals surface area contributed by atoms with Crippen LogP contribution >= 0.6 is 0 Å². The lowest BCUT2D eigenvalue weighted by molar-refractivity contribution is 0.395. The maximum atomic E-state index is 13.3. The van der Waals surface area contributed by atoms with E-state index in [0.717, 1.165) is 21.9 Å². The summed E-state index contributed by atoms with van der Waals surface area (Å²) in [5.41, 5.74) is 7.99. The first kappa shape index (κ1) is 14.3. The highest BCUT2D eigenvalue weighted by Crippen LogP contribution is 2.45. The minimum absolute atomic E-state index is 0.0922. The number of allylic oxidation sites excluding steroid dienone is 1. The van der Waals surface area contributed by atoms with Crippen molar-refractivity contribution in [3.05, 3.63) is 89.1 Å². The van der Waals surface area contributed by atoms with Crippen LogP contribution in [0.1, 0.15) is 17.0 Å². The number of nitrogens with zero attached hydrogens (tertiary/aromatic N) is 1. The fraction of sp³-hybridized carbons (Fsp3) is 0.0500. The Hall–Kier alpha value is -3.32. The summed E-state index contributed by atoms with van der Waals surface area (Å²) in [4.78, 5) is 0. The lowest BCUT2D eigenvalue weighted by Crippen LogP contribution is -2.21. The second-order valence-corrected chi connectivity index (χ2v) is 5.67. The van der Waals surface area contributed by atoms with Crippen LogP contribution in [0.25, 0.3) is 10.8 Å². The van der Waals surface area contributed by atoms with E-state index in [-0.39, 0.29) is 17.6 Å². The fourth-order valence-electron chi connectivity index (χ4n) is 3.23. The van der Waals surface area contributed by atoms with Crippen molar-refractivity contribution in [3.63, 3.8) is 0 Å². The third kappa shape index (κ3) is 2.10. The number of nitrogens with two attached hydrogens (primary N) is 1. The highest BCUT2D eigenvalue weighted by Gasteiger charge is 2.32. The van der Waals surface area contributed by atoms with Crippen LogP contribution in [0.3, 0.4) is 0 Å². The molecule has 3 aromatic carbocycles. The van der Waals surface area contributed by atoms with Gasteiger partial charge in [-0.1, -0.05) is 42.5 Å². The van der Waals surface area contributed by atoms with Gasteiger partial charge in [0.25, 0.3) is 0 Å². The summed E-state index contributed by atoms with van der Waals surface area (Å²) in [5.74, 6) is 0.0130. The Labute approximate surface area is 138 Å². The zero-order valence-electron chi connectivity index (χ0n) is 12.7. The van der Waals surface area contributed by atoms with E-state index >= 15 is 0 Å². The number of nitriles is 1. The van der Waals surface area contributed by atoms with E-state index < -0.39 is 0 Å². The number of halogens is 1. The van der Waals surface area contributed by atoms with Crippen LogP contribution in [0, 0.1) is 17.1 Å². The van der Waals surface area contributed by atoms with Crippen LogP contribution in [0.4, 0.5) is 4.39 Å². The Morgan fingerprint density at radius 3 is 2.50 bits per heavy atom. The highest BCUT2D eigenvalue weighted by atomic mass is 19.1. The smallest absolute Gasteiger partial charge is 0.205 e. The SMILES string of the molecule is N#CC1=C(N)Oc2ccc3ccccc3c2C1c1ccc(F)cc1. The predicted octanol–water partition coefficient (Wildman–Crippen LogP) is 4.20. The van der Waals surface area contributed by atoms with Gasteiger partial charge in [-0.25, -0.2) is 4.39 Å². The van der Waals surface area contributed by atoms with Crippen molar-refractivity contribution in [3.8, 4) is 11.8 Å². The molecular formula is C20H13FN2O. The lowest BCUT2D eigenvalue weighted by atomic mass is 9.81. The monoisotopic (exact) mass is 316 g/mol. The molecule has 4 heteroatoms. The Balaban J connectivity index is 2.05. The van der Waals surface area contributed by atoms with Gasteiger partial charge in [0, 0.05) is 5.56 Å². The molecule has 0 saturated heterocycles. The minimum Gasteiger partial charge on any atom is -0.440 e. The first-order valence-corrected chi connectivity index (χ1v) is 7.53. The van der Waals surface area contributed by atoms with E-state index in [2.05, 4.69) is 6.07 Å². The van der Waals surface area contributed by atoms with E-state index in [1.807, 2.05) is 36.4 Å². The molecule has 116 valence electrons. The molecule has 0 bridgehead atoms. The van der Waals surface area contributed by atoms with Gasteiger partial charge >= 0.3 is 0 Å². The van der Waals surface area contributed by atoms with Crippen molar-refractivity contribution in [2.45, 2.75) is 5.92 Å². The molecule has 0 aliphatic carbocycles. The summed E-state index contributed by atoms with van der Waals surface area (Å²) in [7, 11) is 0. The van der Waals surface area contributed by atoms with Gasteiger partial charge in [-0.3, -0.25) is 0 Å². The quantitative estimate of drug-likeness (QED) is 0.732. The molecule has 0 saturated carbocycles. The molecule has 3 nitrogen and oxygen atoms in total. The van der Waals surface area contributed by atoms with Gasteiger partial charge < -0.3 is 10.5 Å². The fourth-order valence-corrected chi connectivity index (χ4v) is 3.23. The normalized spacial score (nSPS) is 16.4. The first-order valence-electron chi connectivity index (χ1n) is 7.53. The van der Waals surface area contributed by atoms with Gasteiger partial charge in [0.15, 0.2) is 0 Å². The van der Waals surface area contributed by atoms with Crippen LogP contribution in [0.2, 0.25) is 0 Å². The average Bonchev–Trinajstić information content (AvgIpc) is 2.61. The molecule has 4 rings (SSSR count). The largest absolute Gasteiger partial charge is 0.440 e. The summed E-state index contributed by atoms with van der Waals surface area (Å²) in [6, 6.07) is 20.0. The van der Waals surface area contributed by atoms with E-state index in [4.69, 9.17) is 10.5 Å². The van der Waals surface area contributed by atoms with Crippen LogP contribution in [0.15, 0.2) is 72.1 Å². The predicted molar refractivity (Wildman–Crippen MR) is 89.6 cm³/mol. The standard InChI is InChI=1S/C20H13FN2O/c21-14-8-5-13(6-9-14)18-16(11-22)20(23)24-17-10-7-12-3-1-2-4-15(12)19(17)18/h1-10,18H,23H2. The Morgan fingerprint density at radius 1 is 1.00 bits per heavy atom. The number of ether oxygens (including phenoxy) is 1. The maximum Gasteiger partial charge on any atom is 0.205 e. The molecule has 0 radical (unpaired) electrons. The molecule has 0 spiro atoms. The molecule has 0 amide bonds. The number of benzene rings is 3. The summed E-state index contributed by atoms with van der Waals surface area (Å²) in [5, 5.41) is 11.6. The lowest BCUT2D eigenvalue weighted by Gasteiger charge is -2.27. The molecule has 24 heavy (non-hydrogen) atoms. The van der Waals surface area contributed by atoms with E-state index in [9.17, 15) is 9.65 Å². The number of hydrogen-bond acceptors (Lipinski definition) is 3. The maximum absolute atomic E-state index is 13.3. The second-order valence-electron chi connectivity index (χ2n) is 5.67. The molecule has 1 unspecified atom stereocenters. The topological polar surface area (TPSA) is 59.0 Å². The number of hydrogen-bond donors (Lipinski definition) is 1.